The van der Waals surface area contributed by atoms with E-state index >= 15 is 0 Å². The molecule has 0 spiro atoms. The third kappa shape index (κ3) is 8.18. The van der Waals surface area contributed by atoms with E-state index in [0.29, 0.717) is 0 Å². The predicted octanol–water partition coefficient (Wildman–Crippen LogP) is 14.5. The molecule has 0 bridgehead atoms. The van der Waals surface area contributed by atoms with E-state index in [4.69, 9.17) is 20.4 Å². The molecule has 6 rings (SSSR count). The fourth-order valence-corrected chi connectivity index (χ4v) is 62.8. The Bertz CT molecular complexity index is 1120. The zero-order valence-electron chi connectivity index (χ0n) is 29.0. The maximum atomic E-state index is 8.99. The van der Waals surface area contributed by atoms with Crippen LogP contribution >= 0.6 is 32.5 Å². The van der Waals surface area contributed by atoms with Crippen molar-refractivity contribution in [2.24, 2.45) is 0 Å². The van der Waals surface area contributed by atoms with Crippen LogP contribution in [0.25, 0.3) is 12.2 Å². The number of allylic oxidation sites excluding steroid dienone is 2. The number of rotatable bonds is 12. The second kappa shape index (κ2) is 17.9. The van der Waals surface area contributed by atoms with Crippen molar-refractivity contribution in [3.05, 3.63) is 83.9 Å². The molecule has 4 aliphatic carbocycles. The van der Waals surface area contributed by atoms with Gasteiger partial charge in [0.25, 0.3) is 0 Å². The molecule has 2 aromatic rings. The van der Waals surface area contributed by atoms with Crippen molar-refractivity contribution < 1.29 is 9.74 Å². The standard InChI is InChI=1S/2C21H31P.2ClH.Ni/c2*1-4-11-19(12-5-1)13-10-18-22(20-14-6-2-7-15-20)21-16-8-3-9-17-21;;;/h2*1,4-5,10-13,20-21H,2-3,6-9,14-18H2;2*1H;/b2*13-10+;;;. The van der Waals surface area contributed by atoms with Crippen LogP contribution in [0.2, 0.25) is 0 Å². The molecule has 0 amide bonds. The molecule has 2 aromatic carbocycles. The topological polar surface area (TPSA) is 0 Å². The van der Waals surface area contributed by atoms with Crippen LogP contribution in [0, 0.1) is 0 Å². The van der Waals surface area contributed by atoms with Crippen molar-refractivity contribution in [2.45, 2.75) is 151 Å². The monoisotopic (exact) mass is 758 g/mol. The summed E-state index contributed by atoms with van der Waals surface area (Å²) in [5.74, 6) is 0. The van der Waals surface area contributed by atoms with Gasteiger partial charge < -0.3 is 0 Å². The van der Waals surface area contributed by atoms with Gasteiger partial charge in [-0.15, -0.1) is 0 Å². The summed E-state index contributed by atoms with van der Waals surface area (Å²) in [6.45, 7) is 0. The maximum absolute atomic E-state index is 8.99. The zero-order chi connectivity index (χ0) is 32.4. The predicted molar refractivity (Wildman–Crippen MR) is 217 cm³/mol. The van der Waals surface area contributed by atoms with Crippen LogP contribution in [0.4, 0.5) is 0 Å². The first-order chi connectivity index (χ1) is 23.1. The van der Waals surface area contributed by atoms with Crippen LogP contribution in [0.15, 0.2) is 72.8 Å². The summed E-state index contributed by atoms with van der Waals surface area (Å²) in [5, 5.41) is 0. The van der Waals surface area contributed by atoms with E-state index in [-0.39, 0.29) is 0 Å². The van der Waals surface area contributed by atoms with Crippen molar-refractivity contribution in [3.8, 4) is 0 Å². The van der Waals surface area contributed by atoms with Gasteiger partial charge in [-0.05, 0) is 0 Å². The molecule has 5 heteroatoms. The normalized spacial score (nSPS) is 23.4. The molecule has 0 radical (unpaired) electrons. The molecule has 0 heterocycles. The first-order valence-electron chi connectivity index (χ1n) is 19.6. The summed E-state index contributed by atoms with van der Waals surface area (Å²) in [4.78, 5) is 0. The molecule has 4 fully saturated rings. The molecule has 0 aliphatic heterocycles. The Morgan fingerprint density at radius 1 is 0.447 bits per heavy atom. The van der Waals surface area contributed by atoms with E-state index in [1.54, 1.807) is 0 Å². The second-order valence-electron chi connectivity index (χ2n) is 15.5. The Kier molecular flexibility index (Phi) is 13.9. The van der Waals surface area contributed by atoms with Crippen molar-refractivity contribution in [1.82, 2.24) is 0 Å². The number of hydrogen-bond donors (Lipinski definition) is 0. The Balaban J connectivity index is 1.53. The van der Waals surface area contributed by atoms with Crippen molar-refractivity contribution >= 4 is 44.6 Å². The van der Waals surface area contributed by atoms with Gasteiger partial charge >= 0.3 is 302 Å². The van der Waals surface area contributed by atoms with Gasteiger partial charge in [0.1, 0.15) is 0 Å². The van der Waals surface area contributed by atoms with Gasteiger partial charge in [0, 0.05) is 0 Å². The van der Waals surface area contributed by atoms with Crippen molar-refractivity contribution in [1.29, 1.82) is 0 Å². The average Bonchev–Trinajstić information content (AvgIpc) is 3.14. The van der Waals surface area contributed by atoms with E-state index in [2.05, 4.69) is 85.0 Å². The molecule has 4 saturated carbocycles. The number of hydrogen-bond acceptors (Lipinski definition) is 0. The van der Waals surface area contributed by atoms with Gasteiger partial charge in [-0.1, -0.05) is 0 Å². The van der Waals surface area contributed by atoms with E-state index in [0.717, 1.165) is 22.6 Å². The Labute approximate surface area is 299 Å². The first-order valence-corrected chi connectivity index (χ1v) is 29.6. The van der Waals surface area contributed by atoms with Crippen LogP contribution in [0.3, 0.4) is 0 Å². The van der Waals surface area contributed by atoms with Crippen LogP contribution in [0.1, 0.15) is 140 Å². The molecule has 0 aromatic heterocycles. The molecule has 0 nitrogen and oxygen atoms in total. The van der Waals surface area contributed by atoms with E-state index < -0.39 is 21.8 Å². The molecule has 266 valence electrons. The van der Waals surface area contributed by atoms with Crippen LogP contribution in [0.5, 0.6) is 0 Å². The van der Waals surface area contributed by atoms with Gasteiger partial charge in [-0.2, -0.15) is 0 Å². The first kappa shape index (κ1) is 36.6. The number of benzene rings is 2. The SMILES string of the molecule is [Cl][Ni]([Cl])([PH](C/C=C/c1ccccc1)(C1CCCCC1)C1CCCCC1)[PH](C/C=C/c1ccccc1)(C1CCCCC1)C1CCCCC1. The third-order valence-electron chi connectivity index (χ3n) is 12.8. The van der Waals surface area contributed by atoms with E-state index in [1.807, 2.05) is 0 Å². The van der Waals surface area contributed by atoms with Gasteiger partial charge in [0.05, 0.1) is 0 Å². The molecule has 4 aliphatic rings. The van der Waals surface area contributed by atoms with E-state index in [9.17, 15) is 0 Å². The minimum absolute atomic E-state index is 0.798. The zero-order valence-corrected chi connectivity index (χ0v) is 33.5. The Morgan fingerprint density at radius 3 is 1.00 bits per heavy atom. The molecule has 0 atom stereocenters. The fourth-order valence-electron chi connectivity index (χ4n) is 10.5. The third-order valence-corrected chi connectivity index (χ3v) is 54.8. The van der Waals surface area contributed by atoms with Crippen molar-refractivity contribution in [3.63, 3.8) is 0 Å². The quantitative estimate of drug-likeness (QED) is 0.149. The van der Waals surface area contributed by atoms with Crippen molar-refractivity contribution in [2.75, 3.05) is 12.3 Å². The average molecular weight is 761 g/mol. The minimum atomic E-state index is -2.24. The Morgan fingerprint density at radius 2 is 0.723 bits per heavy atom. The van der Waals surface area contributed by atoms with Gasteiger partial charge in [-0.3, -0.25) is 0 Å². The van der Waals surface area contributed by atoms with Gasteiger partial charge in [-0.25, -0.2) is 0 Å². The van der Waals surface area contributed by atoms with E-state index in [1.165, 1.54) is 152 Å². The molecular formula is C42H64Cl2NiP2. The summed E-state index contributed by atoms with van der Waals surface area (Å²) in [5.41, 5.74) is 5.86. The molecular weight excluding hydrogens is 696 g/mol. The summed E-state index contributed by atoms with van der Waals surface area (Å²) in [6.07, 6.45) is 40.7. The molecule has 0 unspecified atom stereocenters. The summed E-state index contributed by atoms with van der Waals surface area (Å²) in [6, 6.07) is 17.7. The molecule has 0 N–H and O–H groups in total. The fraction of sp³-hybridized carbons (Fsp3) is 0.619. The summed E-state index contributed by atoms with van der Waals surface area (Å²) < 4.78 is 0. The van der Waals surface area contributed by atoms with Crippen LogP contribution in [-0.4, -0.2) is 35.0 Å². The molecule has 0 saturated heterocycles. The van der Waals surface area contributed by atoms with Gasteiger partial charge in [0.15, 0.2) is 0 Å². The Hall–Kier alpha value is -0.146. The summed E-state index contributed by atoms with van der Waals surface area (Å²) in [7, 11) is 15.9. The van der Waals surface area contributed by atoms with Crippen LogP contribution in [-0.2, 0) is 9.74 Å². The summed E-state index contributed by atoms with van der Waals surface area (Å²) >= 11 is 0. The molecule has 47 heavy (non-hydrogen) atoms. The number of halogens is 2. The van der Waals surface area contributed by atoms with Gasteiger partial charge in [0.2, 0.25) is 0 Å². The second-order valence-corrected chi connectivity index (χ2v) is 41.7. The van der Waals surface area contributed by atoms with Crippen LogP contribution < -0.4 is 0 Å².